The van der Waals surface area contributed by atoms with Crippen molar-refractivity contribution in [3.05, 3.63) is 88.3 Å². The van der Waals surface area contributed by atoms with Gasteiger partial charge in [0.15, 0.2) is 11.5 Å². The molecule has 2 heterocycles. The van der Waals surface area contributed by atoms with Crippen LogP contribution in [-0.2, 0) is 12.8 Å². The molecule has 0 amide bonds. The number of nitrogens with zero attached hydrogens (tertiary/aromatic N) is 4. The molecular weight excluding hydrogens is 467 g/mol. The molecule has 0 radical (unpaired) electrons. The standard InChI is InChI=1S/C23H18F3N5O2S/c1-32-20-12-15(13-28-31-21(29-30-22(31)34)18-7-2-3-10-27-18)8-9-19(20)33-14-16-5-4-6-17(11-16)23(24,25)26/h2-13H,14H2,1H3,(H,30,34). The Kier molecular flexibility index (Phi) is 6.73. The van der Waals surface area contributed by atoms with Crippen molar-refractivity contribution in [2.45, 2.75) is 12.8 Å². The second kappa shape index (κ2) is 9.87. The van der Waals surface area contributed by atoms with Crippen molar-refractivity contribution in [3.8, 4) is 23.0 Å². The van der Waals surface area contributed by atoms with Gasteiger partial charge in [-0.1, -0.05) is 18.2 Å². The number of hydrogen-bond acceptors (Lipinski definition) is 6. The highest BCUT2D eigenvalue weighted by atomic mass is 32.1. The van der Waals surface area contributed by atoms with Crippen LogP contribution in [0, 0.1) is 4.77 Å². The SMILES string of the molecule is COc1cc(C=Nn2c(-c3ccccn3)n[nH]c2=S)ccc1OCc1cccc(C(F)(F)F)c1. The summed E-state index contributed by atoms with van der Waals surface area (Å²) in [6, 6.07) is 15.5. The fraction of sp³-hybridized carbons (Fsp3) is 0.130. The van der Waals surface area contributed by atoms with Crippen molar-refractivity contribution in [2.24, 2.45) is 5.10 Å². The average Bonchev–Trinajstić information content (AvgIpc) is 3.22. The Balaban J connectivity index is 1.52. The van der Waals surface area contributed by atoms with Gasteiger partial charge in [0.2, 0.25) is 10.6 Å². The van der Waals surface area contributed by atoms with Gasteiger partial charge in [0, 0.05) is 6.20 Å². The first-order valence-corrected chi connectivity index (χ1v) is 10.4. The molecule has 0 fully saturated rings. The number of benzene rings is 2. The van der Waals surface area contributed by atoms with E-state index in [1.165, 1.54) is 17.9 Å². The second-order valence-corrected chi connectivity index (χ2v) is 7.41. The van der Waals surface area contributed by atoms with Gasteiger partial charge in [-0.3, -0.25) is 4.98 Å². The van der Waals surface area contributed by atoms with Crippen molar-refractivity contribution >= 4 is 18.4 Å². The first kappa shape index (κ1) is 23.2. The highest BCUT2D eigenvalue weighted by Gasteiger charge is 2.30. The van der Waals surface area contributed by atoms with Gasteiger partial charge >= 0.3 is 6.18 Å². The number of aromatic amines is 1. The van der Waals surface area contributed by atoms with Gasteiger partial charge in [-0.25, -0.2) is 5.10 Å². The van der Waals surface area contributed by atoms with Gasteiger partial charge in [0.25, 0.3) is 0 Å². The number of methoxy groups -OCH3 is 1. The third kappa shape index (κ3) is 5.31. The van der Waals surface area contributed by atoms with Crippen LogP contribution in [0.5, 0.6) is 11.5 Å². The van der Waals surface area contributed by atoms with Gasteiger partial charge in [-0.2, -0.15) is 28.0 Å². The maximum absolute atomic E-state index is 12.9. The maximum atomic E-state index is 12.9. The molecule has 0 spiro atoms. The van der Waals surface area contributed by atoms with Gasteiger partial charge < -0.3 is 9.47 Å². The van der Waals surface area contributed by atoms with Crippen LogP contribution >= 0.6 is 12.2 Å². The number of H-pyrrole nitrogens is 1. The van der Waals surface area contributed by atoms with Crippen molar-refractivity contribution in [3.63, 3.8) is 0 Å². The Labute approximate surface area is 197 Å². The van der Waals surface area contributed by atoms with Crippen molar-refractivity contribution in [1.82, 2.24) is 19.9 Å². The Morgan fingerprint density at radius 3 is 2.68 bits per heavy atom. The lowest BCUT2D eigenvalue weighted by Crippen LogP contribution is -2.06. The minimum absolute atomic E-state index is 0.0503. The molecule has 0 unspecified atom stereocenters. The molecular formula is C23H18F3N5O2S. The molecule has 4 rings (SSSR count). The molecule has 0 saturated heterocycles. The molecule has 0 saturated carbocycles. The Morgan fingerprint density at radius 1 is 1.09 bits per heavy atom. The molecule has 2 aromatic carbocycles. The third-order valence-electron chi connectivity index (χ3n) is 4.70. The van der Waals surface area contributed by atoms with E-state index in [1.54, 1.807) is 48.8 Å². The van der Waals surface area contributed by atoms with E-state index in [4.69, 9.17) is 21.7 Å². The summed E-state index contributed by atoms with van der Waals surface area (Å²) in [7, 11) is 1.47. The van der Waals surface area contributed by atoms with Crippen molar-refractivity contribution < 1.29 is 22.6 Å². The van der Waals surface area contributed by atoms with Crippen LogP contribution < -0.4 is 9.47 Å². The fourth-order valence-electron chi connectivity index (χ4n) is 3.07. The van der Waals surface area contributed by atoms with Crippen LogP contribution in [-0.4, -0.2) is 33.2 Å². The van der Waals surface area contributed by atoms with Crippen LogP contribution in [0.3, 0.4) is 0 Å². The maximum Gasteiger partial charge on any atom is 0.416 e. The number of alkyl halides is 3. The van der Waals surface area contributed by atoms with Crippen LogP contribution in [0.15, 0.2) is 72.0 Å². The highest BCUT2D eigenvalue weighted by molar-refractivity contribution is 7.71. The quantitative estimate of drug-likeness (QED) is 0.277. The van der Waals surface area contributed by atoms with E-state index in [0.29, 0.717) is 38.9 Å². The Hall–Kier alpha value is -3.99. The van der Waals surface area contributed by atoms with Gasteiger partial charge in [0.05, 0.1) is 18.9 Å². The molecule has 2 aromatic heterocycles. The molecule has 11 heteroatoms. The lowest BCUT2D eigenvalue weighted by molar-refractivity contribution is -0.137. The number of hydrogen-bond donors (Lipinski definition) is 1. The number of nitrogens with one attached hydrogen (secondary N) is 1. The summed E-state index contributed by atoms with van der Waals surface area (Å²) in [5.41, 5.74) is 0.940. The van der Waals surface area contributed by atoms with E-state index in [9.17, 15) is 13.2 Å². The predicted molar refractivity (Wildman–Crippen MR) is 122 cm³/mol. The third-order valence-corrected chi connectivity index (χ3v) is 4.97. The van der Waals surface area contributed by atoms with Gasteiger partial charge in [-0.05, 0) is 65.8 Å². The minimum atomic E-state index is -4.41. The fourth-order valence-corrected chi connectivity index (χ4v) is 3.25. The molecule has 174 valence electrons. The summed E-state index contributed by atoms with van der Waals surface area (Å²) in [5.74, 6) is 1.23. The first-order valence-electron chi connectivity index (χ1n) is 9.95. The molecule has 0 bridgehead atoms. The average molecular weight is 485 g/mol. The lowest BCUT2D eigenvalue weighted by Gasteiger charge is -2.12. The van der Waals surface area contributed by atoms with Gasteiger partial charge in [0.1, 0.15) is 12.3 Å². The zero-order valence-corrected chi connectivity index (χ0v) is 18.6. The number of ether oxygens (including phenoxy) is 2. The van der Waals surface area contributed by atoms with Crippen LogP contribution in [0.25, 0.3) is 11.5 Å². The van der Waals surface area contributed by atoms with Crippen molar-refractivity contribution in [1.29, 1.82) is 0 Å². The topological polar surface area (TPSA) is 77.3 Å². The molecule has 7 nitrogen and oxygen atoms in total. The molecule has 4 aromatic rings. The largest absolute Gasteiger partial charge is 0.493 e. The normalized spacial score (nSPS) is 11.6. The molecule has 0 atom stereocenters. The zero-order chi connectivity index (χ0) is 24.1. The Bertz CT molecular complexity index is 1370. The summed E-state index contributed by atoms with van der Waals surface area (Å²) in [5, 5.41) is 11.3. The first-order chi connectivity index (χ1) is 16.3. The number of rotatable bonds is 7. The lowest BCUT2D eigenvalue weighted by atomic mass is 10.1. The van der Waals surface area contributed by atoms with Crippen LogP contribution in [0.1, 0.15) is 16.7 Å². The van der Waals surface area contributed by atoms with Crippen LogP contribution in [0.4, 0.5) is 13.2 Å². The van der Waals surface area contributed by atoms with E-state index < -0.39 is 11.7 Å². The van der Waals surface area contributed by atoms with Crippen molar-refractivity contribution in [2.75, 3.05) is 7.11 Å². The predicted octanol–water partition coefficient (Wildman–Crippen LogP) is 5.49. The molecule has 0 aliphatic heterocycles. The smallest absolute Gasteiger partial charge is 0.416 e. The number of aromatic nitrogens is 4. The summed E-state index contributed by atoms with van der Waals surface area (Å²) >= 11 is 5.26. The monoisotopic (exact) mass is 485 g/mol. The second-order valence-electron chi connectivity index (χ2n) is 7.02. The van der Waals surface area contributed by atoms with E-state index in [2.05, 4.69) is 20.3 Å². The van der Waals surface area contributed by atoms with E-state index in [0.717, 1.165) is 12.1 Å². The molecule has 34 heavy (non-hydrogen) atoms. The summed E-state index contributed by atoms with van der Waals surface area (Å²) in [6.07, 6.45) is -1.20. The summed E-state index contributed by atoms with van der Waals surface area (Å²) in [4.78, 5) is 4.26. The molecule has 0 aliphatic rings. The van der Waals surface area contributed by atoms with Gasteiger partial charge in [-0.15, -0.1) is 0 Å². The Morgan fingerprint density at radius 2 is 1.94 bits per heavy atom. The highest BCUT2D eigenvalue weighted by Crippen LogP contribution is 2.31. The van der Waals surface area contributed by atoms with E-state index >= 15 is 0 Å². The number of pyridine rings is 1. The summed E-state index contributed by atoms with van der Waals surface area (Å²) in [6.45, 7) is -0.0503. The zero-order valence-electron chi connectivity index (χ0n) is 17.8. The minimum Gasteiger partial charge on any atom is -0.493 e. The van der Waals surface area contributed by atoms with Crippen LogP contribution in [0.2, 0.25) is 0 Å². The molecule has 1 N–H and O–H groups in total. The van der Waals surface area contributed by atoms with E-state index in [-0.39, 0.29) is 6.61 Å². The summed E-state index contributed by atoms with van der Waals surface area (Å²) < 4.78 is 51.6. The number of halogens is 3. The molecule has 0 aliphatic carbocycles. The van der Waals surface area contributed by atoms with E-state index in [1.807, 2.05) is 6.07 Å².